The van der Waals surface area contributed by atoms with E-state index in [0.717, 1.165) is 34.2 Å². The molecule has 0 heterocycles. The van der Waals surface area contributed by atoms with E-state index >= 15 is 0 Å². The van der Waals surface area contributed by atoms with Crippen molar-refractivity contribution in [2.24, 2.45) is 0 Å². The second-order valence-corrected chi connectivity index (χ2v) is 5.18. The van der Waals surface area contributed by atoms with Gasteiger partial charge in [0, 0.05) is 0 Å². The predicted octanol–water partition coefficient (Wildman–Crippen LogP) is 4.80. The van der Waals surface area contributed by atoms with E-state index < -0.39 is 0 Å². The normalized spacial score (nSPS) is 10.6. The molecule has 0 bridgehead atoms. The lowest BCUT2D eigenvalue weighted by Crippen LogP contribution is -1.91. The molecule has 0 unspecified atom stereocenters. The van der Waals surface area contributed by atoms with Crippen LogP contribution in [0.4, 0.5) is 0 Å². The highest BCUT2D eigenvalue weighted by Gasteiger charge is 2.16. The second-order valence-electron chi connectivity index (χ2n) is 5.18. The summed E-state index contributed by atoms with van der Waals surface area (Å²) in [6, 6.07) is 9.31. The van der Waals surface area contributed by atoms with Crippen molar-refractivity contribution in [2.45, 2.75) is 27.2 Å². The number of aromatic hydroxyl groups is 2. The van der Waals surface area contributed by atoms with Crippen LogP contribution in [0.25, 0.3) is 16.7 Å². The van der Waals surface area contributed by atoms with Crippen molar-refractivity contribution >= 4 is 5.57 Å². The van der Waals surface area contributed by atoms with Crippen molar-refractivity contribution in [3.05, 3.63) is 53.6 Å². The Morgan fingerprint density at radius 1 is 1.00 bits per heavy atom. The summed E-state index contributed by atoms with van der Waals surface area (Å²) >= 11 is 0. The zero-order chi connectivity index (χ0) is 14.9. The number of benzene rings is 2. The van der Waals surface area contributed by atoms with Crippen molar-refractivity contribution in [1.29, 1.82) is 0 Å². The molecule has 0 saturated carbocycles. The van der Waals surface area contributed by atoms with Gasteiger partial charge < -0.3 is 10.2 Å². The molecule has 0 amide bonds. The van der Waals surface area contributed by atoms with Crippen LogP contribution in [-0.4, -0.2) is 10.2 Å². The van der Waals surface area contributed by atoms with Crippen LogP contribution >= 0.6 is 0 Å². The van der Waals surface area contributed by atoms with E-state index in [2.05, 4.69) is 6.58 Å². The van der Waals surface area contributed by atoms with Crippen LogP contribution in [-0.2, 0) is 0 Å². The van der Waals surface area contributed by atoms with E-state index in [1.54, 1.807) is 12.1 Å². The molecule has 0 aliphatic carbocycles. The van der Waals surface area contributed by atoms with E-state index in [1.807, 2.05) is 39.0 Å². The molecule has 20 heavy (non-hydrogen) atoms. The fourth-order valence-electron chi connectivity index (χ4n) is 2.39. The summed E-state index contributed by atoms with van der Waals surface area (Å²) in [5, 5.41) is 20.4. The second kappa shape index (κ2) is 5.41. The van der Waals surface area contributed by atoms with Gasteiger partial charge in [-0.2, -0.15) is 0 Å². The first kappa shape index (κ1) is 14.2. The van der Waals surface area contributed by atoms with Crippen molar-refractivity contribution in [2.75, 3.05) is 0 Å². The first-order valence-electron chi connectivity index (χ1n) is 6.75. The maximum atomic E-state index is 10.2. The molecule has 0 aliphatic rings. The van der Waals surface area contributed by atoms with Gasteiger partial charge in [-0.15, -0.1) is 0 Å². The Morgan fingerprint density at radius 3 is 2.15 bits per heavy atom. The van der Waals surface area contributed by atoms with Crippen molar-refractivity contribution in [3.8, 4) is 22.6 Å². The summed E-state index contributed by atoms with van der Waals surface area (Å²) in [7, 11) is 0. The molecule has 0 aromatic heterocycles. The molecular formula is C18H20O2. The third kappa shape index (κ3) is 2.55. The Balaban J connectivity index is 2.75. The standard InChI is InChI=1S/C18H20O2/c1-5-13(4)14-7-6-11(2)8-15(14)18-16(19)9-12(3)10-17(18)20/h6-10,19-20H,4-5H2,1-3H3. The zero-order valence-electron chi connectivity index (χ0n) is 12.2. The lowest BCUT2D eigenvalue weighted by Gasteiger charge is -2.15. The molecule has 2 nitrogen and oxygen atoms in total. The highest BCUT2D eigenvalue weighted by atomic mass is 16.3. The van der Waals surface area contributed by atoms with Gasteiger partial charge in [-0.3, -0.25) is 0 Å². The van der Waals surface area contributed by atoms with E-state index in [4.69, 9.17) is 0 Å². The van der Waals surface area contributed by atoms with E-state index in [-0.39, 0.29) is 11.5 Å². The van der Waals surface area contributed by atoms with Gasteiger partial charge in [-0.25, -0.2) is 0 Å². The summed E-state index contributed by atoms with van der Waals surface area (Å²) < 4.78 is 0. The maximum Gasteiger partial charge on any atom is 0.127 e. The van der Waals surface area contributed by atoms with Gasteiger partial charge in [0.1, 0.15) is 11.5 Å². The molecule has 2 aromatic carbocycles. The average Bonchev–Trinajstić information content (AvgIpc) is 2.37. The smallest absolute Gasteiger partial charge is 0.127 e. The largest absolute Gasteiger partial charge is 0.507 e. The minimum atomic E-state index is 0.0956. The number of aryl methyl sites for hydroxylation is 2. The average molecular weight is 268 g/mol. The molecule has 2 heteroatoms. The fourth-order valence-corrected chi connectivity index (χ4v) is 2.39. The molecule has 0 atom stereocenters. The van der Waals surface area contributed by atoms with Crippen molar-refractivity contribution in [1.82, 2.24) is 0 Å². The molecule has 0 saturated heterocycles. The Bertz CT molecular complexity index is 646. The van der Waals surface area contributed by atoms with Crippen LogP contribution in [0.1, 0.15) is 30.0 Å². The first-order chi connectivity index (χ1) is 9.43. The Morgan fingerprint density at radius 2 is 1.60 bits per heavy atom. The number of allylic oxidation sites excluding steroid dienone is 1. The first-order valence-corrected chi connectivity index (χ1v) is 6.75. The molecule has 0 fully saturated rings. The highest BCUT2D eigenvalue weighted by molar-refractivity contribution is 5.86. The predicted molar refractivity (Wildman–Crippen MR) is 84.0 cm³/mol. The van der Waals surface area contributed by atoms with Crippen LogP contribution in [0.5, 0.6) is 11.5 Å². The topological polar surface area (TPSA) is 40.5 Å². The lowest BCUT2D eigenvalue weighted by molar-refractivity contribution is 0.453. The molecular weight excluding hydrogens is 248 g/mol. The van der Waals surface area contributed by atoms with E-state index in [1.165, 1.54) is 0 Å². The zero-order valence-corrected chi connectivity index (χ0v) is 12.2. The SMILES string of the molecule is C=C(CC)c1ccc(C)cc1-c1c(O)cc(C)cc1O. The number of rotatable bonds is 3. The molecule has 2 aromatic rings. The van der Waals surface area contributed by atoms with Crippen molar-refractivity contribution in [3.63, 3.8) is 0 Å². The summed E-state index contributed by atoms with van der Waals surface area (Å²) in [4.78, 5) is 0. The van der Waals surface area contributed by atoms with Crippen LogP contribution in [0.3, 0.4) is 0 Å². The molecule has 0 aliphatic heterocycles. The van der Waals surface area contributed by atoms with Gasteiger partial charge in [-0.1, -0.05) is 37.3 Å². The minimum absolute atomic E-state index is 0.0956. The third-order valence-electron chi connectivity index (χ3n) is 3.49. The van der Waals surface area contributed by atoms with Gasteiger partial charge in [0.15, 0.2) is 0 Å². The number of phenols is 2. The molecule has 0 radical (unpaired) electrons. The number of hydrogen-bond acceptors (Lipinski definition) is 2. The monoisotopic (exact) mass is 268 g/mol. The van der Waals surface area contributed by atoms with Crippen LogP contribution in [0, 0.1) is 13.8 Å². The Kier molecular flexibility index (Phi) is 3.84. The highest BCUT2D eigenvalue weighted by Crippen LogP contribution is 2.42. The maximum absolute atomic E-state index is 10.2. The van der Waals surface area contributed by atoms with Gasteiger partial charge in [0.05, 0.1) is 5.56 Å². The third-order valence-corrected chi connectivity index (χ3v) is 3.49. The fraction of sp³-hybridized carbons (Fsp3) is 0.222. The summed E-state index contributed by atoms with van der Waals surface area (Å²) in [5.41, 5.74) is 5.15. The van der Waals surface area contributed by atoms with Gasteiger partial charge in [0.2, 0.25) is 0 Å². The minimum Gasteiger partial charge on any atom is -0.507 e. The van der Waals surface area contributed by atoms with Crippen LogP contribution < -0.4 is 0 Å². The van der Waals surface area contributed by atoms with E-state index in [9.17, 15) is 10.2 Å². The van der Waals surface area contributed by atoms with Gasteiger partial charge in [0.25, 0.3) is 0 Å². The lowest BCUT2D eigenvalue weighted by atomic mass is 9.91. The van der Waals surface area contributed by atoms with Gasteiger partial charge in [-0.05, 0) is 54.7 Å². The summed E-state index contributed by atoms with van der Waals surface area (Å²) in [6.07, 6.45) is 0.823. The Labute approximate surface area is 120 Å². The Hall–Kier alpha value is -2.22. The van der Waals surface area contributed by atoms with Crippen LogP contribution in [0.2, 0.25) is 0 Å². The molecule has 2 rings (SSSR count). The molecule has 2 N–H and O–H groups in total. The quantitative estimate of drug-likeness (QED) is 0.839. The number of phenolic OH excluding ortho intramolecular Hbond substituents is 2. The number of hydrogen-bond donors (Lipinski definition) is 2. The van der Waals surface area contributed by atoms with Crippen molar-refractivity contribution < 1.29 is 10.2 Å². The van der Waals surface area contributed by atoms with E-state index in [0.29, 0.717) is 5.56 Å². The molecule has 104 valence electrons. The van der Waals surface area contributed by atoms with Crippen LogP contribution in [0.15, 0.2) is 36.9 Å². The summed E-state index contributed by atoms with van der Waals surface area (Å²) in [5.74, 6) is 0.191. The summed E-state index contributed by atoms with van der Waals surface area (Å²) in [6.45, 7) is 9.94. The molecule has 0 spiro atoms. The van der Waals surface area contributed by atoms with Gasteiger partial charge >= 0.3 is 0 Å².